The minimum Gasteiger partial charge on any atom is -0.301 e. The molecule has 1 unspecified atom stereocenters. The number of pyridine rings is 1. The van der Waals surface area contributed by atoms with Crippen LogP contribution in [0.4, 0.5) is 11.4 Å². The molecule has 0 bridgehead atoms. The molecule has 0 saturated heterocycles. The van der Waals surface area contributed by atoms with Crippen LogP contribution in [0.5, 0.6) is 0 Å². The summed E-state index contributed by atoms with van der Waals surface area (Å²) in [7, 11) is 0. The number of fused-ring (bicyclic) bond motifs is 2. The van der Waals surface area contributed by atoms with Gasteiger partial charge in [0.15, 0.2) is 0 Å². The van der Waals surface area contributed by atoms with Gasteiger partial charge in [-0.15, -0.1) is 0 Å². The lowest BCUT2D eigenvalue weighted by molar-refractivity contribution is 0.655. The molecule has 0 amide bonds. The zero-order chi connectivity index (χ0) is 19.6. The highest BCUT2D eigenvalue weighted by Crippen LogP contribution is 2.36. The number of hydrazine groups is 1. The second-order valence-electron chi connectivity index (χ2n) is 7.51. The second-order valence-corrected chi connectivity index (χ2v) is 7.94. The fraction of sp³-hybridized carbons (Fsp3) is 0.160. The zero-order valence-electron chi connectivity index (χ0n) is 16.0. The Bertz CT molecular complexity index is 1200. The SMILES string of the molecule is Clc1ccc2c(NNc3ccccc3)c3cc(C4C=CCCC4)ccc3nc2c1. The van der Waals surface area contributed by atoms with Gasteiger partial charge in [-0.2, -0.15) is 0 Å². The van der Waals surface area contributed by atoms with Crippen molar-refractivity contribution in [1.29, 1.82) is 0 Å². The molecular formula is C25H22ClN3. The molecule has 0 aliphatic heterocycles. The van der Waals surface area contributed by atoms with Crippen molar-refractivity contribution in [2.24, 2.45) is 0 Å². The summed E-state index contributed by atoms with van der Waals surface area (Å²) >= 11 is 6.24. The fourth-order valence-electron chi connectivity index (χ4n) is 4.05. The van der Waals surface area contributed by atoms with Gasteiger partial charge in [0.2, 0.25) is 0 Å². The van der Waals surface area contributed by atoms with E-state index in [0.29, 0.717) is 10.9 Å². The largest absolute Gasteiger partial charge is 0.301 e. The van der Waals surface area contributed by atoms with Crippen molar-refractivity contribution in [2.75, 3.05) is 10.9 Å². The van der Waals surface area contributed by atoms with E-state index >= 15 is 0 Å². The summed E-state index contributed by atoms with van der Waals surface area (Å²) in [6.45, 7) is 0. The molecule has 0 radical (unpaired) electrons. The van der Waals surface area contributed by atoms with Crippen LogP contribution in [0.3, 0.4) is 0 Å². The molecule has 4 heteroatoms. The van der Waals surface area contributed by atoms with E-state index in [0.717, 1.165) is 33.2 Å². The molecule has 1 heterocycles. The van der Waals surface area contributed by atoms with Crippen molar-refractivity contribution in [3.05, 3.63) is 89.5 Å². The van der Waals surface area contributed by atoms with Crippen molar-refractivity contribution < 1.29 is 0 Å². The van der Waals surface area contributed by atoms with Gasteiger partial charge >= 0.3 is 0 Å². The molecular weight excluding hydrogens is 378 g/mol. The summed E-state index contributed by atoms with van der Waals surface area (Å²) in [4.78, 5) is 4.87. The summed E-state index contributed by atoms with van der Waals surface area (Å²) in [5, 5.41) is 2.84. The molecule has 1 aliphatic carbocycles. The van der Waals surface area contributed by atoms with Crippen LogP contribution >= 0.6 is 11.6 Å². The lowest BCUT2D eigenvalue weighted by Crippen LogP contribution is -2.10. The predicted molar refractivity (Wildman–Crippen MR) is 124 cm³/mol. The Morgan fingerprint density at radius 3 is 2.59 bits per heavy atom. The number of benzene rings is 3. The van der Waals surface area contributed by atoms with Crippen molar-refractivity contribution in [1.82, 2.24) is 4.98 Å². The third-order valence-electron chi connectivity index (χ3n) is 5.55. The molecule has 3 nitrogen and oxygen atoms in total. The van der Waals surface area contributed by atoms with E-state index in [2.05, 4.69) is 41.2 Å². The number of rotatable bonds is 4. The molecule has 0 fully saturated rings. The van der Waals surface area contributed by atoms with Gasteiger partial charge < -0.3 is 5.43 Å². The number of aromatic nitrogens is 1. The van der Waals surface area contributed by atoms with Gasteiger partial charge in [-0.3, -0.25) is 5.43 Å². The van der Waals surface area contributed by atoms with Crippen LogP contribution in [0.2, 0.25) is 5.02 Å². The quantitative estimate of drug-likeness (QED) is 0.214. The first-order chi connectivity index (χ1) is 14.3. The Morgan fingerprint density at radius 2 is 1.76 bits per heavy atom. The molecule has 3 aromatic carbocycles. The Balaban J connectivity index is 1.65. The van der Waals surface area contributed by atoms with Crippen LogP contribution in [0.15, 0.2) is 78.9 Å². The van der Waals surface area contributed by atoms with Crippen LogP contribution in [-0.2, 0) is 0 Å². The van der Waals surface area contributed by atoms with E-state index in [1.54, 1.807) is 0 Å². The van der Waals surface area contributed by atoms with Crippen molar-refractivity contribution in [3.8, 4) is 0 Å². The number of hydrogen-bond acceptors (Lipinski definition) is 3. The first kappa shape index (κ1) is 18.0. The van der Waals surface area contributed by atoms with E-state index in [1.807, 2.05) is 48.5 Å². The minimum absolute atomic E-state index is 0.476. The number of hydrogen-bond donors (Lipinski definition) is 2. The van der Waals surface area contributed by atoms with Gasteiger partial charge in [0.25, 0.3) is 0 Å². The minimum atomic E-state index is 0.476. The van der Waals surface area contributed by atoms with E-state index in [9.17, 15) is 0 Å². The lowest BCUT2D eigenvalue weighted by Gasteiger charge is -2.19. The van der Waals surface area contributed by atoms with Crippen LogP contribution < -0.4 is 10.9 Å². The number of nitrogens with one attached hydrogen (secondary N) is 2. The smallest absolute Gasteiger partial charge is 0.0746 e. The number of anilines is 2. The maximum absolute atomic E-state index is 6.24. The van der Waals surface area contributed by atoms with E-state index in [4.69, 9.17) is 16.6 Å². The van der Waals surface area contributed by atoms with Gasteiger partial charge in [0, 0.05) is 21.7 Å². The predicted octanol–water partition coefficient (Wildman–Crippen LogP) is 7.30. The van der Waals surface area contributed by atoms with Gasteiger partial charge in [0.1, 0.15) is 0 Å². The molecule has 2 N–H and O–H groups in total. The number of allylic oxidation sites excluding steroid dienone is 2. The highest BCUT2D eigenvalue weighted by Gasteiger charge is 2.15. The molecule has 1 atom stereocenters. The average molecular weight is 400 g/mol. The van der Waals surface area contributed by atoms with Crippen molar-refractivity contribution in [3.63, 3.8) is 0 Å². The molecule has 29 heavy (non-hydrogen) atoms. The normalized spacial score (nSPS) is 16.2. The monoisotopic (exact) mass is 399 g/mol. The fourth-order valence-corrected chi connectivity index (χ4v) is 4.21. The van der Waals surface area contributed by atoms with Crippen molar-refractivity contribution >= 4 is 44.8 Å². The van der Waals surface area contributed by atoms with Gasteiger partial charge in [0.05, 0.1) is 22.4 Å². The summed E-state index contributed by atoms with van der Waals surface area (Å²) in [5.74, 6) is 0.476. The molecule has 4 aromatic rings. The third-order valence-corrected chi connectivity index (χ3v) is 5.78. The number of halogens is 1. The maximum Gasteiger partial charge on any atom is 0.0746 e. The van der Waals surface area contributed by atoms with E-state index in [1.165, 1.54) is 24.8 Å². The molecule has 144 valence electrons. The topological polar surface area (TPSA) is 37.0 Å². The maximum atomic E-state index is 6.24. The van der Waals surface area contributed by atoms with Crippen molar-refractivity contribution in [2.45, 2.75) is 25.2 Å². The van der Waals surface area contributed by atoms with Crippen LogP contribution in [0.25, 0.3) is 21.8 Å². The summed E-state index contributed by atoms with van der Waals surface area (Å²) in [6.07, 6.45) is 8.27. The standard InChI is InChI=1S/C25H22ClN3/c26-19-12-13-21-24(16-19)27-23-14-11-18(17-7-3-1-4-8-17)15-22(23)25(21)29-28-20-9-5-2-6-10-20/h2-3,5-7,9-17,28H,1,4,8H2,(H,27,29). The Kier molecular flexibility index (Phi) is 4.82. The zero-order valence-corrected chi connectivity index (χ0v) is 16.8. The number of nitrogens with zero attached hydrogens (tertiary/aromatic N) is 1. The summed E-state index contributed by atoms with van der Waals surface area (Å²) in [5.41, 5.74) is 12.0. The van der Waals surface area contributed by atoms with Crippen LogP contribution in [0, 0.1) is 0 Å². The van der Waals surface area contributed by atoms with Crippen LogP contribution in [0.1, 0.15) is 30.7 Å². The Morgan fingerprint density at radius 1 is 0.862 bits per heavy atom. The average Bonchev–Trinajstić information content (AvgIpc) is 2.77. The highest BCUT2D eigenvalue weighted by molar-refractivity contribution is 6.31. The molecule has 0 saturated carbocycles. The lowest BCUT2D eigenvalue weighted by atomic mass is 9.88. The highest BCUT2D eigenvalue weighted by atomic mass is 35.5. The van der Waals surface area contributed by atoms with E-state index < -0.39 is 0 Å². The van der Waals surface area contributed by atoms with Gasteiger partial charge in [-0.25, -0.2) is 4.98 Å². The van der Waals surface area contributed by atoms with Gasteiger partial charge in [-0.1, -0.05) is 48.0 Å². The third kappa shape index (κ3) is 3.66. The Hall–Kier alpha value is -3.04. The second kappa shape index (κ2) is 7.76. The van der Waals surface area contributed by atoms with E-state index in [-0.39, 0.29) is 0 Å². The summed E-state index contributed by atoms with van der Waals surface area (Å²) in [6, 6.07) is 22.6. The number of para-hydroxylation sites is 1. The molecule has 1 aliphatic rings. The molecule has 0 spiro atoms. The Labute approximate surface area is 175 Å². The van der Waals surface area contributed by atoms with Crippen LogP contribution in [-0.4, -0.2) is 4.98 Å². The van der Waals surface area contributed by atoms with Gasteiger partial charge in [-0.05, 0) is 67.3 Å². The molecule has 1 aromatic heterocycles. The summed E-state index contributed by atoms with van der Waals surface area (Å²) < 4.78 is 0. The first-order valence-electron chi connectivity index (χ1n) is 10.0. The molecule has 5 rings (SSSR count). The first-order valence-corrected chi connectivity index (χ1v) is 10.4.